The highest BCUT2D eigenvalue weighted by Crippen LogP contribution is 2.21. The molecule has 1 atom stereocenters. The number of nitrogens with zero attached hydrogens (tertiary/aromatic N) is 1. The summed E-state index contributed by atoms with van der Waals surface area (Å²) in [6, 6.07) is 0.846. The minimum Gasteiger partial charge on any atom is -0.314 e. The fourth-order valence-electron chi connectivity index (χ4n) is 1.97. The van der Waals surface area contributed by atoms with Crippen LogP contribution in [0.4, 0.5) is 0 Å². The minimum absolute atomic E-state index is 0.835. The molecular formula is C13H22N2S. The molecule has 2 rings (SSSR count). The van der Waals surface area contributed by atoms with Gasteiger partial charge in [-0.15, -0.1) is 11.3 Å². The highest BCUT2D eigenvalue weighted by atomic mass is 32.1. The number of hydrogen-bond donors (Lipinski definition) is 1. The summed E-state index contributed by atoms with van der Waals surface area (Å²) in [6.45, 7) is 5.63. The van der Waals surface area contributed by atoms with Gasteiger partial charge < -0.3 is 5.32 Å². The Hall–Kier alpha value is -0.410. The monoisotopic (exact) mass is 238 g/mol. The van der Waals surface area contributed by atoms with E-state index in [0.29, 0.717) is 0 Å². The SMILES string of the molecule is CCC(CCc1scnc1C)CNC1CC1. The summed E-state index contributed by atoms with van der Waals surface area (Å²) in [7, 11) is 0. The van der Waals surface area contributed by atoms with Crippen LogP contribution < -0.4 is 5.32 Å². The first-order valence-electron chi connectivity index (χ1n) is 6.42. The van der Waals surface area contributed by atoms with Gasteiger partial charge in [0.1, 0.15) is 0 Å². The van der Waals surface area contributed by atoms with Gasteiger partial charge in [0.2, 0.25) is 0 Å². The van der Waals surface area contributed by atoms with E-state index in [9.17, 15) is 0 Å². The van der Waals surface area contributed by atoms with E-state index in [0.717, 1.165) is 12.0 Å². The lowest BCUT2D eigenvalue weighted by Crippen LogP contribution is -2.24. The van der Waals surface area contributed by atoms with E-state index < -0.39 is 0 Å². The van der Waals surface area contributed by atoms with E-state index in [1.807, 2.05) is 16.8 Å². The Kier molecular flexibility index (Phi) is 4.36. The lowest BCUT2D eigenvalue weighted by molar-refractivity contribution is 0.433. The molecule has 0 radical (unpaired) electrons. The molecular weight excluding hydrogens is 216 g/mol. The predicted molar refractivity (Wildman–Crippen MR) is 70.0 cm³/mol. The average molecular weight is 238 g/mol. The Balaban J connectivity index is 1.71. The molecule has 0 aliphatic heterocycles. The van der Waals surface area contributed by atoms with Crippen molar-refractivity contribution in [3.05, 3.63) is 16.1 Å². The molecule has 1 unspecified atom stereocenters. The maximum Gasteiger partial charge on any atom is 0.0797 e. The van der Waals surface area contributed by atoms with E-state index in [4.69, 9.17) is 0 Å². The van der Waals surface area contributed by atoms with Crippen LogP contribution in [-0.2, 0) is 6.42 Å². The van der Waals surface area contributed by atoms with E-state index in [1.165, 1.54) is 49.2 Å². The number of rotatable bonds is 7. The molecule has 1 aliphatic carbocycles. The van der Waals surface area contributed by atoms with Crippen molar-refractivity contribution >= 4 is 11.3 Å². The van der Waals surface area contributed by atoms with Gasteiger partial charge in [0, 0.05) is 10.9 Å². The predicted octanol–water partition coefficient (Wildman–Crippen LogP) is 3.16. The van der Waals surface area contributed by atoms with Crippen molar-refractivity contribution < 1.29 is 0 Å². The molecule has 1 saturated carbocycles. The molecule has 16 heavy (non-hydrogen) atoms. The fourth-order valence-corrected chi connectivity index (χ4v) is 2.77. The van der Waals surface area contributed by atoms with Crippen molar-refractivity contribution in [2.24, 2.45) is 5.92 Å². The van der Waals surface area contributed by atoms with E-state index in [-0.39, 0.29) is 0 Å². The van der Waals surface area contributed by atoms with Crippen molar-refractivity contribution in [1.29, 1.82) is 0 Å². The zero-order valence-corrected chi connectivity index (χ0v) is 11.1. The van der Waals surface area contributed by atoms with Crippen molar-refractivity contribution in [3.63, 3.8) is 0 Å². The summed E-state index contributed by atoms with van der Waals surface area (Å²) in [4.78, 5) is 5.78. The highest BCUT2D eigenvalue weighted by Gasteiger charge is 2.21. The highest BCUT2D eigenvalue weighted by molar-refractivity contribution is 7.09. The Bertz CT molecular complexity index is 317. The summed E-state index contributed by atoms with van der Waals surface area (Å²) < 4.78 is 0. The topological polar surface area (TPSA) is 24.9 Å². The molecule has 0 amide bonds. The number of thiazole rings is 1. The van der Waals surface area contributed by atoms with Crippen LogP contribution in [0.5, 0.6) is 0 Å². The summed E-state index contributed by atoms with van der Waals surface area (Å²) in [5.74, 6) is 0.835. The Morgan fingerprint density at radius 3 is 2.94 bits per heavy atom. The summed E-state index contributed by atoms with van der Waals surface area (Å²) in [6.07, 6.45) is 6.59. The average Bonchev–Trinajstić information content (AvgIpc) is 3.03. The summed E-state index contributed by atoms with van der Waals surface area (Å²) in [5.41, 5.74) is 3.20. The molecule has 0 aromatic carbocycles. The van der Waals surface area contributed by atoms with E-state index in [1.54, 1.807) is 0 Å². The zero-order chi connectivity index (χ0) is 11.4. The molecule has 0 spiro atoms. The maximum absolute atomic E-state index is 4.31. The smallest absolute Gasteiger partial charge is 0.0797 e. The molecule has 0 bridgehead atoms. The van der Waals surface area contributed by atoms with Crippen LogP contribution in [0.2, 0.25) is 0 Å². The number of nitrogens with one attached hydrogen (secondary N) is 1. The van der Waals surface area contributed by atoms with Crippen molar-refractivity contribution in [2.75, 3.05) is 6.54 Å². The molecule has 1 fully saturated rings. The first-order chi connectivity index (χ1) is 7.79. The van der Waals surface area contributed by atoms with E-state index in [2.05, 4.69) is 24.1 Å². The molecule has 90 valence electrons. The summed E-state index contributed by atoms with van der Waals surface area (Å²) in [5, 5.41) is 3.64. The van der Waals surface area contributed by atoms with Crippen molar-refractivity contribution in [2.45, 2.75) is 52.0 Å². The Morgan fingerprint density at radius 2 is 2.38 bits per heavy atom. The van der Waals surface area contributed by atoms with E-state index >= 15 is 0 Å². The number of aromatic nitrogens is 1. The normalized spacial score (nSPS) is 17.6. The molecule has 0 saturated heterocycles. The lowest BCUT2D eigenvalue weighted by Gasteiger charge is -2.15. The van der Waals surface area contributed by atoms with Crippen LogP contribution >= 0.6 is 11.3 Å². The fraction of sp³-hybridized carbons (Fsp3) is 0.769. The van der Waals surface area contributed by atoms with Gasteiger partial charge in [-0.2, -0.15) is 0 Å². The maximum atomic E-state index is 4.31. The summed E-state index contributed by atoms with van der Waals surface area (Å²) >= 11 is 1.81. The van der Waals surface area contributed by atoms with Crippen molar-refractivity contribution in [1.82, 2.24) is 10.3 Å². The molecule has 1 aromatic heterocycles. The van der Waals surface area contributed by atoms with Gasteiger partial charge in [0.05, 0.1) is 11.2 Å². The van der Waals surface area contributed by atoms with Crippen LogP contribution in [0.15, 0.2) is 5.51 Å². The minimum atomic E-state index is 0.835. The quantitative estimate of drug-likeness (QED) is 0.789. The largest absolute Gasteiger partial charge is 0.314 e. The molecule has 1 heterocycles. The Labute approximate surface area is 102 Å². The third-order valence-electron chi connectivity index (χ3n) is 3.47. The van der Waals surface area contributed by atoms with Gasteiger partial charge in [-0.3, -0.25) is 0 Å². The Morgan fingerprint density at radius 1 is 1.56 bits per heavy atom. The van der Waals surface area contributed by atoms with Crippen LogP contribution in [-0.4, -0.2) is 17.6 Å². The standard InChI is InChI=1S/C13H22N2S/c1-3-11(8-14-12-5-6-12)4-7-13-10(2)15-9-16-13/h9,11-12,14H,3-8H2,1-2H3. The van der Waals surface area contributed by atoms with Crippen LogP contribution in [0.1, 0.15) is 43.2 Å². The first-order valence-corrected chi connectivity index (χ1v) is 7.30. The second-order valence-corrected chi connectivity index (χ2v) is 5.80. The molecule has 1 N–H and O–H groups in total. The second-order valence-electron chi connectivity index (χ2n) is 4.86. The van der Waals surface area contributed by atoms with Gasteiger partial charge in [-0.25, -0.2) is 4.98 Å². The van der Waals surface area contributed by atoms with Crippen LogP contribution in [0.25, 0.3) is 0 Å². The van der Waals surface area contributed by atoms with Gasteiger partial charge in [0.25, 0.3) is 0 Å². The zero-order valence-electron chi connectivity index (χ0n) is 10.3. The van der Waals surface area contributed by atoms with Gasteiger partial charge in [-0.1, -0.05) is 13.3 Å². The molecule has 3 heteroatoms. The molecule has 2 nitrogen and oxygen atoms in total. The lowest BCUT2D eigenvalue weighted by atomic mass is 9.99. The van der Waals surface area contributed by atoms with Crippen LogP contribution in [0, 0.1) is 12.8 Å². The van der Waals surface area contributed by atoms with Gasteiger partial charge >= 0.3 is 0 Å². The van der Waals surface area contributed by atoms with Crippen molar-refractivity contribution in [3.8, 4) is 0 Å². The van der Waals surface area contributed by atoms with Gasteiger partial charge in [-0.05, 0) is 45.1 Å². The first kappa shape index (κ1) is 12.1. The third kappa shape index (κ3) is 3.56. The molecule has 1 aromatic rings. The van der Waals surface area contributed by atoms with Crippen LogP contribution in [0.3, 0.4) is 0 Å². The third-order valence-corrected chi connectivity index (χ3v) is 4.47. The second kappa shape index (κ2) is 5.78. The molecule has 1 aliphatic rings. The van der Waals surface area contributed by atoms with Gasteiger partial charge in [0.15, 0.2) is 0 Å². The number of aryl methyl sites for hydroxylation is 2. The number of hydrogen-bond acceptors (Lipinski definition) is 3.